The summed E-state index contributed by atoms with van der Waals surface area (Å²) in [6.45, 7) is 6.31. The third kappa shape index (κ3) is 4.00. The van der Waals surface area contributed by atoms with Crippen LogP contribution in [0.1, 0.15) is 16.7 Å². The SMILES string of the molecule is Cc1cc(NI)ccc1-c1cnc(-c2cnc(-c3cccnc3)c(C)c2)c(C)c1. The first-order valence-electron chi connectivity index (χ1n) is 9.38. The van der Waals surface area contributed by atoms with E-state index in [0.717, 1.165) is 44.9 Å². The molecule has 29 heavy (non-hydrogen) atoms. The summed E-state index contributed by atoms with van der Waals surface area (Å²) < 4.78 is 3.15. The van der Waals surface area contributed by atoms with Crippen molar-refractivity contribution in [3.63, 3.8) is 0 Å². The van der Waals surface area contributed by atoms with E-state index in [1.54, 1.807) is 6.20 Å². The highest BCUT2D eigenvalue weighted by molar-refractivity contribution is 14.1. The average Bonchev–Trinajstić information content (AvgIpc) is 2.74. The van der Waals surface area contributed by atoms with Crippen molar-refractivity contribution < 1.29 is 0 Å². The lowest BCUT2D eigenvalue weighted by molar-refractivity contribution is 1.21. The molecule has 3 heterocycles. The van der Waals surface area contributed by atoms with E-state index >= 15 is 0 Å². The zero-order valence-corrected chi connectivity index (χ0v) is 18.7. The van der Waals surface area contributed by atoms with Crippen LogP contribution in [-0.4, -0.2) is 15.0 Å². The zero-order chi connectivity index (χ0) is 20.4. The fraction of sp³-hybridized carbons (Fsp3) is 0.125. The van der Waals surface area contributed by atoms with Gasteiger partial charge in [-0.25, -0.2) is 0 Å². The maximum atomic E-state index is 4.78. The van der Waals surface area contributed by atoms with Crippen LogP contribution in [0, 0.1) is 20.8 Å². The number of anilines is 1. The molecule has 3 aromatic heterocycles. The Morgan fingerprint density at radius 3 is 2.03 bits per heavy atom. The Morgan fingerprint density at radius 1 is 0.724 bits per heavy atom. The Bertz CT molecular complexity index is 1170. The predicted molar refractivity (Wildman–Crippen MR) is 128 cm³/mol. The highest BCUT2D eigenvalue weighted by atomic mass is 127. The number of benzene rings is 1. The number of halogens is 1. The molecule has 4 aromatic rings. The van der Waals surface area contributed by atoms with E-state index in [-0.39, 0.29) is 0 Å². The molecule has 0 amide bonds. The number of aromatic nitrogens is 3. The molecule has 1 aromatic carbocycles. The van der Waals surface area contributed by atoms with Crippen LogP contribution in [0.4, 0.5) is 5.69 Å². The maximum absolute atomic E-state index is 4.78. The number of aryl methyl sites for hydroxylation is 3. The van der Waals surface area contributed by atoms with Crippen molar-refractivity contribution in [2.75, 3.05) is 3.53 Å². The van der Waals surface area contributed by atoms with Crippen LogP contribution in [0.15, 0.2) is 67.3 Å². The summed E-state index contributed by atoms with van der Waals surface area (Å²) in [6, 6.07) is 14.7. The van der Waals surface area contributed by atoms with Gasteiger partial charge in [-0.3, -0.25) is 15.0 Å². The highest BCUT2D eigenvalue weighted by Crippen LogP contribution is 2.31. The topological polar surface area (TPSA) is 50.7 Å². The van der Waals surface area contributed by atoms with E-state index in [0.29, 0.717) is 0 Å². The first-order valence-corrected chi connectivity index (χ1v) is 10.5. The monoisotopic (exact) mass is 492 g/mol. The molecule has 0 saturated heterocycles. The molecule has 1 N–H and O–H groups in total. The van der Waals surface area contributed by atoms with Crippen LogP contribution >= 0.6 is 22.9 Å². The van der Waals surface area contributed by atoms with Crippen LogP contribution in [-0.2, 0) is 0 Å². The second-order valence-electron chi connectivity index (χ2n) is 7.14. The molecule has 0 atom stereocenters. The average molecular weight is 492 g/mol. The summed E-state index contributed by atoms with van der Waals surface area (Å²) in [5.74, 6) is 0. The number of rotatable bonds is 4. The molecule has 4 nitrogen and oxygen atoms in total. The molecular formula is C24H21IN4. The van der Waals surface area contributed by atoms with Gasteiger partial charge in [-0.1, -0.05) is 6.07 Å². The lowest BCUT2D eigenvalue weighted by atomic mass is 9.98. The molecular weight excluding hydrogens is 471 g/mol. The van der Waals surface area contributed by atoms with Crippen molar-refractivity contribution in [3.8, 4) is 33.6 Å². The highest BCUT2D eigenvalue weighted by Gasteiger charge is 2.11. The molecule has 0 unspecified atom stereocenters. The molecule has 0 aliphatic carbocycles. The van der Waals surface area contributed by atoms with Crippen molar-refractivity contribution in [3.05, 3.63) is 83.9 Å². The smallest absolute Gasteiger partial charge is 0.0747 e. The normalized spacial score (nSPS) is 10.8. The lowest BCUT2D eigenvalue weighted by Gasteiger charge is -2.12. The summed E-state index contributed by atoms with van der Waals surface area (Å²) >= 11 is 2.15. The molecule has 0 fully saturated rings. The van der Waals surface area contributed by atoms with Gasteiger partial charge in [0.15, 0.2) is 0 Å². The van der Waals surface area contributed by atoms with Crippen molar-refractivity contribution in [1.82, 2.24) is 15.0 Å². The van der Waals surface area contributed by atoms with Gasteiger partial charge in [0.1, 0.15) is 0 Å². The predicted octanol–water partition coefficient (Wildman–Crippen LogP) is 6.56. The van der Waals surface area contributed by atoms with E-state index in [1.807, 2.05) is 30.7 Å². The van der Waals surface area contributed by atoms with E-state index in [4.69, 9.17) is 9.97 Å². The first kappa shape index (κ1) is 19.5. The number of nitrogens with zero attached hydrogens (tertiary/aromatic N) is 3. The summed E-state index contributed by atoms with van der Waals surface area (Å²) in [5, 5.41) is 0. The van der Waals surface area contributed by atoms with E-state index in [1.165, 1.54) is 11.1 Å². The third-order valence-corrected chi connectivity index (χ3v) is 5.63. The van der Waals surface area contributed by atoms with Gasteiger partial charge in [0, 0.05) is 47.2 Å². The van der Waals surface area contributed by atoms with E-state index in [2.05, 4.69) is 82.5 Å². The van der Waals surface area contributed by atoms with Crippen molar-refractivity contribution >= 4 is 28.6 Å². The minimum absolute atomic E-state index is 0.954. The van der Waals surface area contributed by atoms with Gasteiger partial charge in [-0.2, -0.15) is 0 Å². The van der Waals surface area contributed by atoms with E-state index in [9.17, 15) is 0 Å². The van der Waals surface area contributed by atoms with Crippen LogP contribution in [0.2, 0.25) is 0 Å². The van der Waals surface area contributed by atoms with Crippen LogP contribution in [0.3, 0.4) is 0 Å². The fourth-order valence-corrected chi connectivity index (χ4v) is 3.92. The maximum Gasteiger partial charge on any atom is 0.0747 e. The fourth-order valence-electron chi connectivity index (χ4n) is 3.58. The lowest BCUT2D eigenvalue weighted by Crippen LogP contribution is -1.95. The number of hydrogen-bond acceptors (Lipinski definition) is 4. The summed E-state index contributed by atoms with van der Waals surface area (Å²) in [5.41, 5.74) is 10.9. The number of nitrogens with one attached hydrogen (secondary N) is 1. The summed E-state index contributed by atoms with van der Waals surface area (Å²) in [7, 11) is 0. The minimum Gasteiger partial charge on any atom is -0.328 e. The molecule has 0 spiro atoms. The quantitative estimate of drug-likeness (QED) is 0.259. The van der Waals surface area contributed by atoms with Crippen molar-refractivity contribution in [2.45, 2.75) is 20.8 Å². The standard InChI is InChI=1S/C24H21IN4/c1-15-11-21(29-25)6-7-22(15)19-9-16(2)24(27-13-19)20-10-17(3)23(28-14-20)18-5-4-8-26-12-18/h4-14,29H,1-3H3. The first-order chi connectivity index (χ1) is 14.1. The minimum atomic E-state index is 0.954. The zero-order valence-electron chi connectivity index (χ0n) is 16.6. The van der Waals surface area contributed by atoms with Gasteiger partial charge in [0.2, 0.25) is 0 Å². The van der Waals surface area contributed by atoms with Crippen LogP contribution in [0.25, 0.3) is 33.6 Å². The molecule has 0 saturated carbocycles. The van der Waals surface area contributed by atoms with Gasteiger partial charge < -0.3 is 3.53 Å². The Balaban J connectivity index is 1.69. The second-order valence-corrected chi connectivity index (χ2v) is 7.68. The van der Waals surface area contributed by atoms with Gasteiger partial charge in [-0.05, 0) is 79.4 Å². The molecule has 0 radical (unpaired) electrons. The Kier molecular flexibility index (Phi) is 5.58. The molecule has 144 valence electrons. The Morgan fingerprint density at radius 2 is 1.41 bits per heavy atom. The van der Waals surface area contributed by atoms with Crippen LogP contribution < -0.4 is 3.53 Å². The summed E-state index contributed by atoms with van der Waals surface area (Å²) in [6.07, 6.45) is 7.47. The third-order valence-electron chi connectivity index (χ3n) is 5.01. The molecule has 0 bridgehead atoms. The molecule has 4 rings (SSSR count). The second kappa shape index (κ2) is 8.29. The molecule has 0 aliphatic heterocycles. The van der Waals surface area contributed by atoms with E-state index < -0.39 is 0 Å². The molecule has 0 aliphatic rings. The number of pyridine rings is 3. The van der Waals surface area contributed by atoms with Crippen LogP contribution in [0.5, 0.6) is 0 Å². The largest absolute Gasteiger partial charge is 0.328 e. The molecule has 5 heteroatoms. The Hall–Kier alpha value is -2.80. The van der Waals surface area contributed by atoms with Gasteiger partial charge in [0.25, 0.3) is 0 Å². The Labute approximate surface area is 185 Å². The number of hydrogen-bond donors (Lipinski definition) is 1. The van der Waals surface area contributed by atoms with Gasteiger partial charge >= 0.3 is 0 Å². The van der Waals surface area contributed by atoms with Crippen molar-refractivity contribution in [2.24, 2.45) is 0 Å². The van der Waals surface area contributed by atoms with Gasteiger partial charge in [0.05, 0.1) is 34.3 Å². The van der Waals surface area contributed by atoms with Crippen molar-refractivity contribution in [1.29, 1.82) is 0 Å². The summed E-state index contributed by atoms with van der Waals surface area (Å²) in [4.78, 5) is 13.7. The van der Waals surface area contributed by atoms with Gasteiger partial charge in [-0.15, -0.1) is 0 Å².